The molecule has 2 N–H and O–H groups in total. The molecule has 0 atom stereocenters. The number of aromatic nitrogens is 7. The summed E-state index contributed by atoms with van der Waals surface area (Å²) in [7, 11) is 0. The molecule has 42 heavy (non-hydrogen) atoms. The van der Waals surface area contributed by atoms with Gasteiger partial charge in [0.2, 0.25) is 5.95 Å². The van der Waals surface area contributed by atoms with Crippen molar-refractivity contribution < 1.29 is 5.11 Å². The molecule has 0 spiro atoms. The van der Waals surface area contributed by atoms with Crippen molar-refractivity contribution in [2.24, 2.45) is 0 Å². The fraction of sp³-hybridized carbons (Fsp3) is 0.387. The van der Waals surface area contributed by atoms with Gasteiger partial charge in [-0.2, -0.15) is 4.98 Å². The van der Waals surface area contributed by atoms with Gasteiger partial charge in [0.25, 0.3) is 5.56 Å². The molecule has 5 aromatic heterocycles. The second kappa shape index (κ2) is 10.8. The molecule has 0 unspecified atom stereocenters. The number of nitrogens with zero attached hydrogens (tertiary/aromatic N) is 8. The SMILES string of the molecule is C=CCn1c(=O)c2cnc(Nc3cnc4c(ccn4C4CCN(C(C)C)CC4)c3)nc2n1-c1cccc(C(C)(C)O)n1. The number of likely N-dealkylation sites (tertiary alicyclic amines) is 1. The summed E-state index contributed by atoms with van der Waals surface area (Å²) in [5, 5.41) is 15.2. The molecule has 11 nitrogen and oxygen atoms in total. The van der Waals surface area contributed by atoms with Crippen LogP contribution in [0.3, 0.4) is 0 Å². The Morgan fingerprint density at radius 3 is 2.62 bits per heavy atom. The highest BCUT2D eigenvalue weighted by Gasteiger charge is 2.24. The van der Waals surface area contributed by atoms with Crippen LogP contribution >= 0.6 is 0 Å². The van der Waals surface area contributed by atoms with Crippen LogP contribution in [0.4, 0.5) is 11.6 Å². The van der Waals surface area contributed by atoms with Crippen molar-refractivity contribution in [2.75, 3.05) is 18.4 Å². The lowest BCUT2D eigenvalue weighted by atomic mass is 10.0. The standard InChI is InChI=1S/C31H37N9O2/c1-6-13-39-29(41)24-19-33-30(36-28(24)40(39)26-9-7-8-25(35-26)31(4,5)42)34-22-17-21-10-16-38(27(21)32-18-22)23-11-14-37(15-12-23)20(2)3/h6-10,16-20,23,42H,1,11-15H2,2-5H3,(H,33,34,36). The average molecular weight is 568 g/mol. The molecular weight excluding hydrogens is 530 g/mol. The molecule has 0 amide bonds. The van der Waals surface area contributed by atoms with Crippen LogP contribution < -0.4 is 10.9 Å². The minimum absolute atomic E-state index is 0.250. The average Bonchev–Trinajstić information content (AvgIpc) is 3.51. The van der Waals surface area contributed by atoms with Crippen LogP contribution in [0, 0.1) is 0 Å². The van der Waals surface area contributed by atoms with Crippen molar-refractivity contribution >= 4 is 33.7 Å². The summed E-state index contributed by atoms with van der Waals surface area (Å²) < 4.78 is 5.46. The minimum atomic E-state index is -1.15. The van der Waals surface area contributed by atoms with Crippen LogP contribution in [0.5, 0.6) is 0 Å². The summed E-state index contributed by atoms with van der Waals surface area (Å²) in [6.45, 7) is 14.1. The lowest BCUT2D eigenvalue weighted by molar-refractivity contribution is 0.0738. The highest BCUT2D eigenvalue weighted by molar-refractivity contribution is 5.81. The number of hydrogen-bond acceptors (Lipinski definition) is 8. The fourth-order valence-electron chi connectivity index (χ4n) is 5.71. The second-order valence-corrected chi connectivity index (χ2v) is 11.7. The molecular formula is C31H37N9O2. The van der Waals surface area contributed by atoms with Crippen LogP contribution in [0.15, 0.2) is 66.4 Å². The molecule has 11 heteroatoms. The third-order valence-electron chi connectivity index (χ3n) is 7.99. The fourth-order valence-corrected chi connectivity index (χ4v) is 5.71. The molecule has 0 radical (unpaired) electrons. The van der Waals surface area contributed by atoms with Crippen LogP contribution in [0.1, 0.15) is 52.3 Å². The maximum atomic E-state index is 13.3. The summed E-state index contributed by atoms with van der Waals surface area (Å²) in [5.74, 6) is 0.782. The monoisotopic (exact) mass is 567 g/mol. The maximum absolute atomic E-state index is 13.3. The third kappa shape index (κ3) is 5.10. The number of allylic oxidation sites excluding steroid dienone is 1. The van der Waals surface area contributed by atoms with Gasteiger partial charge in [0.15, 0.2) is 11.5 Å². The number of rotatable bonds is 8. The van der Waals surface area contributed by atoms with Gasteiger partial charge < -0.3 is 19.9 Å². The molecule has 0 bridgehead atoms. The highest BCUT2D eigenvalue weighted by atomic mass is 16.3. The molecule has 0 aliphatic carbocycles. The Bertz CT molecular complexity index is 1820. The summed E-state index contributed by atoms with van der Waals surface area (Å²) in [5.41, 5.74) is 1.18. The lowest BCUT2D eigenvalue weighted by Gasteiger charge is -2.35. The van der Waals surface area contributed by atoms with E-state index in [1.165, 1.54) is 10.9 Å². The van der Waals surface area contributed by atoms with Crippen molar-refractivity contribution in [1.29, 1.82) is 0 Å². The smallest absolute Gasteiger partial charge is 0.278 e. The summed E-state index contributed by atoms with van der Waals surface area (Å²) in [6.07, 6.45) is 9.31. The minimum Gasteiger partial charge on any atom is -0.384 e. The van der Waals surface area contributed by atoms with Gasteiger partial charge >= 0.3 is 0 Å². The Labute approximate surface area is 244 Å². The van der Waals surface area contributed by atoms with Crippen molar-refractivity contribution in [1.82, 2.24) is 38.8 Å². The molecule has 0 aromatic carbocycles. The topological polar surface area (TPSA) is 119 Å². The lowest BCUT2D eigenvalue weighted by Crippen LogP contribution is -2.38. The van der Waals surface area contributed by atoms with E-state index in [1.807, 2.05) is 6.07 Å². The molecule has 218 valence electrons. The van der Waals surface area contributed by atoms with Crippen LogP contribution in [0.2, 0.25) is 0 Å². The molecule has 6 heterocycles. The van der Waals surface area contributed by atoms with Crippen molar-refractivity contribution in [3.8, 4) is 5.82 Å². The molecule has 1 fully saturated rings. The first-order chi connectivity index (χ1) is 20.1. The molecule has 1 saturated heterocycles. The Morgan fingerprint density at radius 2 is 1.90 bits per heavy atom. The van der Waals surface area contributed by atoms with Gasteiger partial charge in [0.05, 0.1) is 24.1 Å². The van der Waals surface area contributed by atoms with Gasteiger partial charge in [-0.15, -0.1) is 6.58 Å². The summed E-state index contributed by atoms with van der Waals surface area (Å²) in [4.78, 5) is 34.4. The quantitative estimate of drug-likeness (QED) is 0.263. The molecule has 1 aliphatic rings. The number of piperidine rings is 1. The number of anilines is 2. The number of pyridine rings is 2. The van der Waals surface area contributed by atoms with E-state index in [0.29, 0.717) is 40.6 Å². The Hall–Kier alpha value is -4.35. The normalized spacial score (nSPS) is 15.2. The maximum Gasteiger partial charge on any atom is 0.278 e. The zero-order valence-electron chi connectivity index (χ0n) is 24.5. The number of fused-ring (bicyclic) bond motifs is 2. The van der Waals surface area contributed by atoms with Gasteiger partial charge in [0, 0.05) is 43.0 Å². The zero-order chi connectivity index (χ0) is 29.6. The summed E-state index contributed by atoms with van der Waals surface area (Å²) >= 11 is 0. The van der Waals surface area contributed by atoms with Crippen LogP contribution in [-0.4, -0.2) is 63.0 Å². The molecule has 1 aliphatic heterocycles. The van der Waals surface area contributed by atoms with E-state index in [-0.39, 0.29) is 12.1 Å². The van der Waals surface area contributed by atoms with E-state index in [9.17, 15) is 9.90 Å². The largest absolute Gasteiger partial charge is 0.384 e. The molecule has 0 saturated carbocycles. The highest BCUT2D eigenvalue weighted by Crippen LogP contribution is 2.29. The first-order valence-electron chi connectivity index (χ1n) is 14.4. The van der Waals surface area contributed by atoms with Gasteiger partial charge in [-0.1, -0.05) is 12.1 Å². The predicted octanol–water partition coefficient (Wildman–Crippen LogP) is 4.53. The Balaban J connectivity index is 1.33. The Morgan fingerprint density at radius 1 is 1.12 bits per heavy atom. The third-order valence-corrected chi connectivity index (χ3v) is 7.99. The van der Waals surface area contributed by atoms with Crippen LogP contribution in [0.25, 0.3) is 27.9 Å². The van der Waals surface area contributed by atoms with Gasteiger partial charge in [-0.25, -0.2) is 24.3 Å². The number of hydrogen-bond donors (Lipinski definition) is 2. The van der Waals surface area contributed by atoms with E-state index in [0.717, 1.165) is 42.7 Å². The second-order valence-electron chi connectivity index (χ2n) is 11.7. The van der Waals surface area contributed by atoms with Gasteiger partial charge in [0.1, 0.15) is 16.6 Å². The number of nitrogens with one attached hydrogen (secondary N) is 1. The van der Waals surface area contributed by atoms with Crippen molar-refractivity contribution in [2.45, 2.75) is 64.8 Å². The van der Waals surface area contributed by atoms with Crippen LogP contribution in [-0.2, 0) is 12.1 Å². The Kier molecular flexibility index (Phi) is 7.15. The van der Waals surface area contributed by atoms with E-state index in [1.54, 1.807) is 49.0 Å². The first kappa shape index (κ1) is 27.8. The first-order valence-corrected chi connectivity index (χ1v) is 14.4. The van der Waals surface area contributed by atoms with E-state index in [2.05, 4.69) is 57.4 Å². The van der Waals surface area contributed by atoms with E-state index in [4.69, 9.17) is 9.97 Å². The zero-order valence-corrected chi connectivity index (χ0v) is 24.5. The van der Waals surface area contributed by atoms with Crippen molar-refractivity contribution in [3.63, 3.8) is 0 Å². The van der Waals surface area contributed by atoms with E-state index >= 15 is 0 Å². The predicted molar refractivity (Wildman–Crippen MR) is 164 cm³/mol. The van der Waals surface area contributed by atoms with Crippen molar-refractivity contribution in [3.05, 3.63) is 77.6 Å². The molecule has 6 rings (SSSR count). The number of aliphatic hydroxyl groups is 1. The summed E-state index contributed by atoms with van der Waals surface area (Å²) in [6, 6.07) is 10.5. The molecule has 5 aromatic rings. The van der Waals surface area contributed by atoms with Gasteiger partial charge in [-0.3, -0.25) is 4.79 Å². The van der Waals surface area contributed by atoms with Gasteiger partial charge in [-0.05, 0) is 64.8 Å². The van der Waals surface area contributed by atoms with E-state index < -0.39 is 5.60 Å².